The Bertz CT molecular complexity index is 974. The highest BCUT2D eigenvalue weighted by Crippen LogP contribution is 2.38. The number of halogens is 3. The van der Waals surface area contributed by atoms with Crippen LogP contribution in [0.25, 0.3) is 10.9 Å². The fourth-order valence-corrected chi connectivity index (χ4v) is 4.35. The van der Waals surface area contributed by atoms with Gasteiger partial charge in [0.1, 0.15) is 12.4 Å². The van der Waals surface area contributed by atoms with Crippen LogP contribution in [-0.4, -0.2) is 55.8 Å². The number of alkyl halides is 3. The summed E-state index contributed by atoms with van der Waals surface area (Å²) in [5, 5.41) is 4.29. The van der Waals surface area contributed by atoms with Crippen LogP contribution in [0, 0.1) is 0 Å². The van der Waals surface area contributed by atoms with Gasteiger partial charge in [-0.25, -0.2) is 8.78 Å². The zero-order valence-electron chi connectivity index (χ0n) is 17.4. The third-order valence-electron chi connectivity index (χ3n) is 5.74. The van der Waals surface area contributed by atoms with Crippen LogP contribution in [0.5, 0.6) is 5.75 Å². The van der Waals surface area contributed by atoms with Crippen LogP contribution in [0.4, 0.5) is 13.2 Å². The van der Waals surface area contributed by atoms with Crippen LogP contribution in [0.15, 0.2) is 48.5 Å². The van der Waals surface area contributed by atoms with Gasteiger partial charge in [-0.2, -0.15) is 0 Å². The number of fused-ring (bicyclic) bond motifs is 3. The minimum atomic E-state index is -2.39. The van der Waals surface area contributed by atoms with E-state index in [1.165, 1.54) is 10.9 Å². The highest BCUT2D eigenvalue weighted by atomic mass is 19.3. The van der Waals surface area contributed by atoms with Crippen molar-refractivity contribution in [3.63, 3.8) is 0 Å². The second-order valence-electron chi connectivity index (χ2n) is 7.81. The Labute approximate surface area is 180 Å². The zero-order chi connectivity index (χ0) is 21.6. The number of benzene rings is 2. The van der Waals surface area contributed by atoms with Crippen LogP contribution in [-0.2, 0) is 6.42 Å². The molecule has 4 rings (SSSR count). The molecule has 3 aromatic rings. The largest absolute Gasteiger partial charge is 0.492 e. The molecule has 31 heavy (non-hydrogen) atoms. The Kier molecular flexibility index (Phi) is 7.14. The quantitative estimate of drug-likeness (QED) is 0.457. The molecule has 0 saturated heterocycles. The van der Waals surface area contributed by atoms with E-state index >= 15 is 0 Å². The van der Waals surface area contributed by atoms with E-state index in [1.54, 1.807) is 0 Å². The van der Waals surface area contributed by atoms with Crippen LogP contribution in [0.3, 0.4) is 0 Å². The number of hydrogen-bond donors (Lipinski definition) is 2. The Balaban J connectivity index is 1.53. The van der Waals surface area contributed by atoms with Crippen molar-refractivity contribution in [2.45, 2.75) is 25.3 Å². The summed E-state index contributed by atoms with van der Waals surface area (Å²) in [6, 6.07) is 15.5. The Hall–Kier alpha value is -2.51. The number of para-hydroxylation sites is 1. The summed E-state index contributed by atoms with van der Waals surface area (Å²) in [5.41, 5.74) is 4.21. The lowest BCUT2D eigenvalue weighted by atomic mass is 9.92. The van der Waals surface area contributed by atoms with Crippen molar-refractivity contribution in [2.75, 3.05) is 39.5 Å². The molecule has 0 radical (unpaired) electrons. The van der Waals surface area contributed by atoms with Gasteiger partial charge in [-0.1, -0.05) is 30.3 Å². The molecule has 1 aliphatic heterocycles. The molecule has 1 aromatic heterocycles. The van der Waals surface area contributed by atoms with Crippen LogP contribution in [0.1, 0.15) is 29.3 Å². The molecule has 0 saturated carbocycles. The molecular weight excluding hydrogens is 403 g/mol. The number of aromatic nitrogens is 1. The smallest absolute Gasteiger partial charge is 0.251 e. The first kappa shape index (κ1) is 21.7. The van der Waals surface area contributed by atoms with Crippen LogP contribution >= 0.6 is 0 Å². The molecule has 1 aliphatic rings. The van der Waals surface area contributed by atoms with E-state index in [1.807, 2.05) is 47.4 Å². The first-order chi connectivity index (χ1) is 15.2. The van der Waals surface area contributed by atoms with E-state index in [9.17, 15) is 13.2 Å². The Morgan fingerprint density at radius 3 is 2.68 bits per heavy atom. The molecule has 1 atom stereocenters. The van der Waals surface area contributed by atoms with Crippen molar-refractivity contribution in [3.05, 3.63) is 65.4 Å². The molecule has 7 heteroatoms. The van der Waals surface area contributed by atoms with Crippen molar-refractivity contribution >= 4 is 10.9 Å². The lowest BCUT2D eigenvalue weighted by molar-refractivity contribution is 0.0697. The minimum absolute atomic E-state index is 0.249. The van der Waals surface area contributed by atoms with Crippen molar-refractivity contribution in [3.8, 4) is 5.75 Å². The number of H-pyrrole nitrogens is 1. The van der Waals surface area contributed by atoms with E-state index in [-0.39, 0.29) is 19.3 Å². The molecule has 166 valence electrons. The number of aromatic amines is 1. The predicted molar refractivity (Wildman–Crippen MR) is 117 cm³/mol. The highest BCUT2D eigenvalue weighted by molar-refractivity contribution is 5.85. The maximum absolute atomic E-state index is 13.3. The summed E-state index contributed by atoms with van der Waals surface area (Å²) < 4.78 is 44.4. The molecule has 2 heterocycles. The fourth-order valence-electron chi connectivity index (χ4n) is 4.35. The van der Waals surface area contributed by atoms with Gasteiger partial charge in [0.25, 0.3) is 6.43 Å². The van der Waals surface area contributed by atoms with E-state index in [2.05, 4.69) is 16.4 Å². The number of ether oxygens (including phenoxy) is 1. The Morgan fingerprint density at radius 2 is 1.90 bits per heavy atom. The number of rotatable bonds is 10. The summed E-state index contributed by atoms with van der Waals surface area (Å²) in [5.74, 6) is 0.726. The maximum atomic E-state index is 13.3. The van der Waals surface area contributed by atoms with Gasteiger partial charge in [-0.05, 0) is 48.7 Å². The van der Waals surface area contributed by atoms with E-state index in [4.69, 9.17) is 4.74 Å². The SMILES string of the molecule is FCCCNCCOc1ccc([C@@H]2c3[nH]c4ccccc4c3CCN2CC(F)F)cc1. The monoisotopic (exact) mass is 431 g/mol. The average molecular weight is 432 g/mol. The molecule has 0 aliphatic carbocycles. The van der Waals surface area contributed by atoms with Crippen molar-refractivity contribution in [2.24, 2.45) is 0 Å². The van der Waals surface area contributed by atoms with Crippen molar-refractivity contribution < 1.29 is 17.9 Å². The van der Waals surface area contributed by atoms with Crippen molar-refractivity contribution in [1.82, 2.24) is 15.2 Å². The predicted octanol–water partition coefficient (Wildman–Crippen LogP) is 4.71. The summed E-state index contributed by atoms with van der Waals surface area (Å²) in [6.07, 6.45) is -1.14. The lowest BCUT2D eigenvalue weighted by Gasteiger charge is -2.36. The van der Waals surface area contributed by atoms with E-state index < -0.39 is 6.43 Å². The maximum Gasteiger partial charge on any atom is 0.251 e. The standard InChI is InChI=1S/C24H28F3N3O/c25-11-3-12-28-13-15-31-18-8-6-17(7-9-18)24-23-20(10-14-30(24)16-22(26)27)19-4-1-2-5-21(19)29-23/h1-2,4-9,22,24,28-29H,3,10-16H2/t24-/m1/s1. The average Bonchev–Trinajstić information content (AvgIpc) is 3.15. The number of nitrogens with one attached hydrogen (secondary N) is 2. The van der Waals surface area contributed by atoms with Crippen LogP contribution in [0.2, 0.25) is 0 Å². The molecular formula is C24H28F3N3O. The first-order valence-corrected chi connectivity index (χ1v) is 10.8. The third kappa shape index (κ3) is 5.05. The summed E-state index contributed by atoms with van der Waals surface area (Å²) >= 11 is 0. The first-order valence-electron chi connectivity index (χ1n) is 10.8. The molecule has 0 unspecified atom stereocenters. The lowest BCUT2D eigenvalue weighted by Crippen LogP contribution is -2.39. The van der Waals surface area contributed by atoms with Gasteiger partial charge in [0.2, 0.25) is 0 Å². The highest BCUT2D eigenvalue weighted by Gasteiger charge is 2.32. The topological polar surface area (TPSA) is 40.3 Å². The summed E-state index contributed by atoms with van der Waals surface area (Å²) in [4.78, 5) is 5.34. The number of hydrogen-bond acceptors (Lipinski definition) is 3. The molecule has 0 spiro atoms. The van der Waals surface area contributed by atoms with Crippen molar-refractivity contribution in [1.29, 1.82) is 0 Å². The molecule has 0 amide bonds. The van der Waals surface area contributed by atoms with Gasteiger partial charge < -0.3 is 15.0 Å². The van der Waals surface area contributed by atoms with Gasteiger partial charge in [0, 0.05) is 29.7 Å². The molecule has 0 fully saturated rings. The molecule has 0 bridgehead atoms. The summed E-state index contributed by atoms with van der Waals surface area (Å²) in [6.45, 7) is 1.77. The van der Waals surface area contributed by atoms with Crippen LogP contribution < -0.4 is 10.1 Å². The van der Waals surface area contributed by atoms with E-state index in [0.29, 0.717) is 32.7 Å². The Morgan fingerprint density at radius 1 is 1.10 bits per heavy atom. The second-order valence-corrected chi connectivity index (χ2v) is 7.81. The summed E-state index contributed by atoms with van der Waals surface area (Å²) in [7, 11) is 0. The fraction of sp³-hybridized carbons (Fsp3) is 0.417. The van der Waals surface area contributed by atoms with E-state index in [0.717, 1.165) is 28.9 Å². The molecule has 4 nitrogen and oxygen atoms in total. The zero-order valence-corrected chi connectivity index (χ0v) is 17.4. The van der Waals surface area contributed by atoms with Gasteiger partial charge in [0.05, 0.1) is 19.3 Å². The number of nitrogens with zero attached hydrogens (tertiary/aromatic N) is 1. The normalized spacial score (nSPS) is 16.7. The van der Waals surface area contributed by atoms with Gasteiger partial charge in [-0.3, -0.25) is 9.29 Å². The third-order valence-corrected chi connectivity index (χ3v) is 5.74. The second kappa shape index (κ2) is 10.2. The molecule has 2 aromatic carbocycles. The van der Waals surface area contributed by atoms with Gasteiger partial charge in [-0.15, -0.1) is 0 Å². The minimum Gasteiger partial charge on any atom is -0.492 e. The van der Waals surface area contributed by atoms with Gasteiger partial charge in [0.15, 0.2) is 0 Å². The molecule has 2 N–H and O–H groups in total. The van der Waals surface area contributed by atoms with Gasteiger partial charge >= 0.3 is 0 Å².